The van der Waals surface area contributed by atoms with Gasteiger partial charge in [-0.1, -0.05) is 117 Å². The molecule has 3 aromatic carbocycles. The van der Waals surface area contributed by atoms with E-state index in [2.05, 4.69) is 43.3 Å². The van der Waals surface area contributed by atoms with E-state index in [-0.39, 0.29) is 17.6 Å². The molecule has 0 aromatic heterocycles. The number of hydrogen-bond acceptors (Lipinski definition) is 4. The summed E-state index contributed by atoms with van der Waals surface area (Å²) in [4.78, 5) is 12.3. The summed E-state index contributed by atoms with van der Waals surface area (Å²) in [7, 11) is 0. The molecule has 4 atom stereocenters. The number of aliphatic hydroxyl groups is 2. The van der Waals surface area contributed by atoms with E-state index in [4.69, 9.17) is 4.74 Å². The Morgan fingerprint density at radius 2 is 1.37 bits per heavy atom. The van der Waals surface area contributed by atoms with Crippen LogP contribution in [0.3, 0.4) is 0 Å². The Bertz CT molecular complexity index is 1050. The highest BCUT2D eigenvalue weighted by Gasteiger charge is 2.42. The highest BCUT2D eigenvalue weighted by molar-refractivity contribution is 5.89. The zero-order valence-electron chi connectivity index (χ0n) is 22.3. The second-order valence-corrected chi connectivity index (χ2v) is 10.3. The third-order valence-electron chi connectivity index (χ3n) is 7.76. The molecule has 200 valence electrons. The van der Waals surface area contributed by atoms with Gasteiger partial charge < -0.3 is 14.9 Å². The first-order chi connectivity index (χ1) is 18.6. The Labute approximate surface area is 227 Å². The number of rotatable bonds is 13. The smallest absolute Gasteiger partial charge is 0.155 e. The molecule has 0 aliphatic heterocycles. The van der Waals surface area contributed by atoms with Gasteiger partial charge in [0.05, 0.1) is 12.2 Å². The quantitative estimate of drug-likeness (QED) is 0.157. The topological polar surface area (TPSA) is 66.8 Å². The van der Waals surface area contributed by atoms with E-state index in [1.807, 2.05) is 60.7 Å². The van der Waals surface area contributed by atoms with Gasteiger partial charge in [0.25, 0.3) is 0 Å². The van der Waals surface area contributed by atoms with E-state index in [9.17, 15) is 15.0 Å². The molecule has 3 aromatic rings. The van der Waals surface area contributed by atoms with Crippen LogP contribution in [0.4, 0.5) is 0 Å². The van der Waals surface area contributed by atoms with Gasteiger partial charge in [-0.3, -0.25) is 4.79 Å². The minimum absolute atomic E-state index is 0.0817. The maximum absolute atomic E-state index is 12.3. The molecule has 0 radical (unpaired) electrons. The monoisotopic (exact) mass is 512 g/mol. The normalized spacial score (nSPS) is 21.7. The van der Waals surface area contributed by atoms with Gasteiger partial charge >= 0.3 is 0 Å². The van der Waals surface area contributed by atoms with Gasteiger partial charge in [0.1, 0.15) is 5.60 Å². The molecule has 1 aliphatic rings. The van der Waals surface area contributed by atoms with Gasteiger partial charge in [0.2, 0.25) is 0 Å². The van der Waals surface area contributed by atoms with Crippen molar-refractivity contribution in [1.82, 2.24) is 0 Å². The van der Waals surface area contributed by atoms with Crippen molar-refractivity contribution in [2.45, 2.75) is 63.3 Å². The summed E-state index contributed by atoms with van der Waals surface area (Å²) in [5.41, 5.74) is 2.25. The van der Waals surface area contributed by atoms with E-state index in [0.717, 1.165) is 36.0 Å². The van der Waals surface area contributed by atoms with E-state index < -0.39 is 17.8 Å². The molecule has 0 bridgehead atoms. The maximum Gasteiger partial charge on any atom is 0.155 e. The average molecular weight is 513 g/mol. The van der Waals surface area contributed by atoms with Crippen LogP contribution in [0, 0.1) is 11.8 Å². The van der Waals surface area contributed by atoms with E-state index in [1.165, 1.54) is 0 Å². The van der Waals surface area contributed by atoms with E-state index >= 15 is 0 Å². The summed E-state index contributed by atoms with van der Waals surface area (Å²) in [5, 5.41) is 21.5. The van der Waals surface area contributed by atoms with Crippen LogP contribution in [-0.2, 0) is 15.1 Å². The van der Waals surface area contributed by atoms with Crippen molar-refractivity contribution in [3.63, 3.8) is 0 Å². The van der Waals surface area contributed by atoms with Crippen molar-refractivity contribution in [3.05, 3.63) is 120 Å². The lowest BCUT2D eigenvalue weighted by Gasteiger charge is -2.36. The zero-order valence-corrected chi connectivity index (χ0v) is 22.3. The van der Waals surface area contributed by atoms with Gasteiger partial charge in [-0.05, 0) is 41.5 Å². The van der Waals surface area contributed by atoms with Crippen LogP contribution in [0.25, 0.3) is 0 Å². The van der Waals surface area contributed by atoms with Gasteiger partial charge in [0, 0.05) is 25.4 Å². The van der Waals surface area contributed by atoms with Crippen LogP contribution in [-0.4, -0.2) is 34.8 Å². The molecule has 1 aliphatic carbocycles. The first-order valence-electron chi connectivity index (χ1n) is 13.9. The summed E-state index contributed by atoms with van der Waals surface area (Å²) in [6.07, 6.45) is 6.51. The summed E-state index contributed by atoms with van der Waals surface area (Å²) in [6.45, 7) is 2.49. The molecule has 1 saturated carbocycles. The molecular formula is C34H40O4. The Kier molecular flexibility index (Phi) is 10.1. The number of aliphatic hydroxyl groups excluding tert-OH is 2. The van der Waals surface area contributed by atoms with Crippen LogP contribution in [0.15, 0.2) is 103 Å². The van der Waals surface area contributed by atoms with Crippen LogP contribution < -0.4 is 0 Å². The van der Waals surface area contributed by atoms with E-state index in [1.54, 1.807) is 6.08 Å². The molecular weight excluding hydrogens is 472 g/mol. The molecule has 0 saturated heterocycles. The number of benzene rings is 3. The fourth-order valence-corrected chi connectivity index (χ4v) is 5.74. The molecule has 0 unspecified atom stereocenters. The third-order valence-corrected chi connectivity index (χ3v) is 7.76. The molecule has 4 nitrogen and oxygen atoms in total. The van der Waals surface area contributed by atoms with E-state index in [0.29, 0.717) is 25.9 Å². The summed E-state index contributed by atoms with van der Waals surface area (Å²) in [6, 6.07) is 30.7. The Morgan fingerprint density at radius 1 is 0.842 bits per heavy atom. The van der Waals surface area contributed by atoms with Crippen LogP contribution in [0.1, 0.15) is 62.1 Å². The minimum Gasteiger partial charge on any atom is -0.393 e. The second kappa shape index (κ2) is 13.7. The third kappa shape index (κ3) is 6.50. The number of carbonyl (C=O) groups excluding carboxylic acids is 1. The van der Waals surface area contributed by atoms with Gasteiger partial charge in [-0.2, -0.15) is 0 Å². The lowest BCUT2D eigenvalue weighted by molar-refractivity contribution is -0.114. The number of ketones is 1. The first kappa shape index (κ1) is 28.0. The predicted octanol–water partition coefficient (Wildman–Crippen LogP) is 6.45. The number of allylic oxidation sites excluding steroid dienone is 1. The van der Waals surface area contributed by atoms with Gasteiger partial charge in [-0.15, -0.1) is 0 Å². The van der Waals surface area contributed by atoms with Crippen LogP contribution in [0.5, 0.6) is 0 Å². The minimum atomic E-state index is -0.827. The van der Waals surface area contributed by atoms with Crippen LogP contribution >= 0.6 is 0 Å². The highest BCUT2D eigenvalue weighted by atomic mass is 16.5. The molecule has 0 amide bonds. The van der Waals surface area contributed by atoms with Gasteiger partial charge in [-0.25, -0.2) is 0 Å². The summed E-state index contributed by atoms with van der Waals surface area (Å²) in [5.74, 6) is -0.383. The van der Waals surface area contributed by atoms with Crippen molar-refractivity contribution in [3.8, 4) is 0 Å². The Morgan fingerprint density at radius 3 is 1.87 bits per heavy atom. The maximum atomic E-state index is 12.3. The number of carbonyl (C=O) groups is 1. The predicted molar refractivity (Wildman–Crippen MR) is 152 cm³/mol. The van der Waals surface area contributed by atoms with Gasteiger partial charge in [0.15, 0.2) is 5.78 Å². The number of hydrogen-bond donors (Lipinski definition) is 2. The molecule has 38 heavy (non-hydrogen) atoms. The fraction of sp³-hybridized carbons (Fsp3) is 0.382. The fourth-order valence-electron chi connectivity index (χ4n) is 5.74. The van der Waals surface area contributed by atoms with Crippen molar-refractivity contribution < 1.29 is 19.7 Å². The average Bonchev–Trinajstić information content (AvgIpc) is 3.23. The lowest BCUT2D eigenvalue weighted by atomic mass is 9.80. The second-order valence-electron chi connectivity index (χ2n) is 10.3. The molecule has 4 rings (SSSR count). The molecule has 1 fully saturated rings. The van der Waals surface area contributed by atoms with Crippen molar-refractivity contribution in [1.29, 1.82) is 0 Å². The summed E-state index contributed by atoms with van der Waals surface area (Å²) < 4.78 is 6.89. The molecule has 2 N–H and O–H groups in total. The number of unbranched alkanes of at least 4 members (excludes halogenated alkanes) is 2. The number of ether oxygens (including phenoxy) is 1. The Hall–Kier alpha value is -3.05. The highest BCUT2D eigenvalue weighted by Crippen LogP contribution is 2.42. The van der Waals surface area contributed by atoms with Crippen molar-refractivity contribution >= 4 is 5.78 Å². The summed E-state index contributed by atoms with van der Waals surface area (Å²) >= 11 is 0. The largest absolute Gasteiger partial charge is 0.393 e. The molecule has 4 heteroatoms. The van der Waals surface area contributed by atoms with Crippen molar-refractivity contribution in [2.75, 3.05) is 6.61 Å². The Balaban J connectivity index is 1.58. The SMILES string of the molecule is CCCCCC(=O)/C=C/[C@@H]1[C@@H](CCOC(c2ccccc2)(c2ccccc2)c2ccccc2)[C@H](O)C[C@@H]1O. The van der Waals surface area contributed by atoms with Crippen molar-refractivity contribution in [2.24, 2.45) is 11.8 Å². The van der Waals surface area contributed by atoms with Crippen LogP contribution in [0.2, 0.25) is 0 Å². The zero-order chi connectivity index (χ0) is 26.8. The lowest BCUT2D eigenvalue weighted by Crippen LogP contribution is -2.34. The standard InChI is InChI=1S/C34H40O4/c1-2-3-7-20-29(35)21-22-30-31(33(37)25-32(30)36)23-24-38-34(26-14-8-4-9-15-26,27-16-10-5-11-17-27)28-18-12-6-13-19-28/h4-6,8-19,21-22,30-33,36-37H,2-3,7,20,23-25H2,1H3/b22-21+/t30-,31-,32+,33-/m1/s1. The molecule has 0 heterocycles. The molecule has 0 spiro atoms. The first-order valence-corrected chi connectivity index (χ1v) is 13.9.